The van der Waals surface area contributed by atoms with E-state index in [1.54, 1.807) is 6.08 Å². The maximum Gasteiger partial charge on any atom is 0.331 e. The van der Waals surface area contributed by atoms with Crippen molar-refractivity contribution in [3.05, 3.63) is 11.6 Å². The maximum absolute atomic E-state index is 12.4. The van der Waals surface area contributed by atoms with Crippen molar-refractivity contribution in [1.82, 2.24) is 5.32 Å². The van der Waals surface area contributed by atoms with E-state index in [0.717, 1.165) is 63.4 Å². The summed E-state index contributed by atoms with van der Waals surface area (Å²) in [6.45, 7) is 5.37. The summed E-state index contributed by atoms with van der Waals surface area (Å²) in [5.41, 5.74) is -0.685. The summed E-state index contributed by atoms with van der Waals surface area (Å²) < 4.78 is 11.3. The number of unbranched alkanes of at least 4 members (excludes halogenated alkanes) is 3. The van der Waals surface area contributed by atoms with Crippen LogP contribution in [-0.2, 0) is 19.1 Å². The molecule has 1 aliphatic heterocycles. The highest BCUT2D eigenvalue weighted by Gasteiger charge is 2.70. The van der Waals surface area contributed by atoms with Crippen LogP contribution in [0, 0.1) is 34.5 Å². The summed E-state index contributed by atoms with van der Waals surface area (Å²) in [7, 11) is 0. The normalized spacial score (nSPS) is 43.2. The molecule has 0 saturated heterocycles. The Kier molecular flexibility index (Phi) is 8.50. The smallest absolute Gasteiger partial charge is 0.331 e. The average molecular weight is 547 g/mol. The number of rotatable bonds is 10. The minimum absolute atomic E-state index is 0.0248. The van der Waals surface area contributed by atoms with Gasteiger partial charge in [0, 0.05) is 18.0 Å². The van der Waals surface area contributed by atoms with Gasteiger partial charge in [0.25, 0.3) is 0 Å². The van der Waals surface area contributed by atoms with Gasteiger partial charge < -0.3 is 30.1 Å². The fraction of sp³-hybridized carbons (Fsp3) is 0.871. The summed E-state index contributed by atoms with van der Waals surface area (Å²) in [6, 6.07) is 0. The minimum Gasteiger partial charge on any atom is -0.854 e. The Labute approximate surface area is 232 Å². The van der Waals surface area contributed by atoms with Gasteiger partial charge >= 0.3 is 5.97 Å². The molecule has 9 unspecified atom stereocenters. The lowest BCUT2D eigenvalue weighted by molar-refractivity contribution is -0.368. The van der Waals surface area contributed by atoms with Crippen LogP contribution in [0.1, 0.15) is 90.9 Å². The van der Waals surface area contributed by atoms with Gasteiger partial charge in [0.05, 0.1) is 17.8 Å². The molecule has 3 N–H and O–H groups in total. The number of carbonyl (C=O) groups is 2. The standard InChI is InChI=1S/C31H48NO7/c1-29-11-9-22(38-19-27(35)32-13-5-3-4-6-14-33)16-21(29)7-8-24-25(29)17-26(34)30(2)23(10-12-31(24,30)37)20-15-28(36)39-18-20/h15,21-26,34,37H,3-14,16-19H2,1-2H3,(H,32,35)/q-1. The number of nitrogens with one attached hydrogen (secondary N) is 1. The van der Waals surface area contributed by atoms with Crippen molar-refractivity contribution in [2.45, 2.75) is 109 Å². The third-order valence-corrected chi connectivity index (χ3v) is 11.9. The van der Waals surface area contributed by atoms with Crippen LogP contribution in [0.2, 0.25) is 0 Å². The third kappa shape index (κ3) is 5.08. The van der Waals surface area contributed by atoms with Crippen molar-refractivity contribution in [3.8, 4) is 0 Å². The molecule has 220 valence electrons. The van der Waals surface area contributed by atoms with E-state index < -0.39 is 17.1 Å². The molecule has 4 aliphatic carbocycles. The molecule has 1 amide bonds. The number of aliphatic hydroxyl groups excluding tert-OH is 1. The molecule has 0 aromatic rings. The summed E-state index contributed by atoms with van der Waals surface area (Å²) in [4.78, 5) is 24.1. The van der Waals surface area contributed by atoms with E-state index in [2.05, 4.69) is 12.2 Å². The number of amides is 1. The Balaban J connectivity index is 1.18. The molecular weight excluding hydrogens is 498 g/mol. The van der Waals surface area contributed by atoms with Gasteiger partial charge in [-0.2, -0.15) is 0 Å². The van der Waals surface area contributed by atoms with Crippen molar-refractivity contribution in [2.24, 2.45) is 34.5 Å². The quantitative estimate of drug-likeness (QED) is 0.284. The highest BCUT2D eigenvalue weighted by atomic mass is 16.5. The zero-order valence-corrected chi connectivity index (χ0v) is 23.8. The van der Waals surface area contributed by atoms with Gasteiger partial charge in [-0.05, 0) is 92.4 Å². The van der Waals surface area contributed by atoms with Crippen molar-refractivity contribution in [2.75, 3.05) is 26.4 Å². The average Bonchev–Trinajstić information content (AvgIpc) is 3.46. The molecule has 5 rings (SSSR count). The molecule has 0 spiro atoms. The number of aliphatic hydroxyl groups is 2. The van der Waals surface area contributed by atoms with E-state index in [-0.39, 0.29) is 61.0 Å². The Hall–Kier alpha value is -1.48. The van der Waals surface area contributed by atoms with Crippen LogP contribution in [0.3, 0.4) is 0 Å². The number of hydrogen-bond acceptors (Lipinski definition) is 7. The number of cyclic esters (lactones) is 1. The molecule has 0 radical (unpaired) electrons. The van der Waals surface area contributed by atoms with Crippen LogP contribution in [-0.4, -0.2) is 66.3 Å². The van der Waals surface area contributed by atoms with Crippen LogP contribution in [0.25, 0.3) is 0 Å². The van der Waals surface area contributed by atoms with Gasteiger partial charge in [-0.3, -0.25) is 4.79 Å². The largest absolute Gasteiger partial charge is 0.854 e. The fourth-order valence-corrected chi connectivity index (χ4v) is 9.55. The lowest BCUT2D eigenvalue weighted by Gasteiger charge is -2.65. The Morgan fingerprint density at radius 3 is 2.64 bits per heavy atom. The van der Waals surface area contributed by atoms with Gasteiger partial charge in [-0.15, -0.1) is 6.61 Å². The van der Waals surface area contributed by atoms with Gasteiger partial charge in [-0.1, -0.05) is 33.1 Å². The molecule has 0 bridgehead atoms. The topological polar surface area (TPSA) is 128 Å². The second-order valence-electron chi connectivity index (χ2n) is 13.5. The van der Waals surface area contributed by atoms with Crippen molar-refractivity contribution < 1.29 is 34.4 Å². The molecule has 39 heavy (non-hydrogen) atoms. The predicted octanol–water partition coefficient (Wildman–Crippen LogP) is 2.64. The number of carbonyl (C=O) groups excluding carboxylic acids is 2. The Morgan fingerprint density at radius 1 is 1.10 bits per heavy atom. The summed E-state index contributed by atoms with van der Waals surface area (Å²) in [5.74, 6) is 0.389. The van der Waals surface area contributed by atoms with Crippen LogP contribution in [0.15, 0.2) is 11.6 Å². The third-order valence-electron chi connectivity index (χ3n) is 11.9. The fourth-order valence-electron chi connectivity index (χ4n) is 9.55. The first-order valence-electron chi connectivity index (χ1n) is 15.4. The zero-order chi connectivity index (χ0) is 27.8. The maximum atomic E-state index is 12.4. The SMILES string of the molecule is CC12CCC(OCC(=O)NCCCCCC[O-])CC1CCC1C2CC(O)C2(C)C(C3=CC(=O)OC3)CCC12O. The van der Waals surface area contributed by atoms with E-state index in [4.69, 9.17) is 9.47 Å². The molecule has 4 fully saturated rings. The van der Waals surface area contributed by atoms with Crippen molar-refractivity contribution in [3.63, 3.8) is 0 Å². The minimum atomic E-state index is -0.957. The summed E-state index contributed by atoms with van der Waals surface area (Å²) in [6.07, 6.45) is 11.3. The second kappa shape index (κ2) is 11.4. The molecule has 8 nitrogen and oxygen atoms in total. The lowest BCUT2D eigenvalue weighted by atomic mass is 9.42. The Bertz CT molecular complexity index is 953. The molecule has 0 aromatic heterocycles. The number of ether oxygens (including phenoxy) is 2. The first-order chi connectivity index (χ1) is 18.6. The van der Waals surface area contributed by atoms with Crippen LogP contribution < -0.4 is 10.4 Å². The molecule has 0 aromatic carbocycles. The van der Waals surface area contributed by atoms with Gasteiger partial charge in [0.15, 0.2) is 0 Å². The summed E-state index contributed by atoms with van der Waals surface area (Å²) in [5, 5.41) is 37.5. The first-order valence-corrected chi connectivity index (χ1v) is 15.4. The van der Waals surface area contributed by atoms with E-state index >= 15 is 0 Å². The molecule has 4 saturated carbocycles. The van der Waals surface area contributed by atoms with E-state index in [9.17, 15) is 24.9 Å². The predicted molar refractivity (Wildman–Crippen MR) is 143 cm³/mol. The monoisotopic (exact) mass is 546 g/mol. The summed E-state index contributed by atoms with van der Waals surface area (Å²) >= 11 is 0. The Morgan fingerprint density at radius 2 is 1.90 bits per heavy atom. The van der Waals surface area contributed by atoms with E-state index in [0.29, 0.717) is 31.7 Å². The molecule has 8 heteroatoms. The van der Waals surface area contributed by atoms with Gasteiger partial charge in [0.1, 0.15) is 13.2 Å². The number of esters is 1. The van der Waals surface area contributed by atoms with Crippen LogP contribution in [0.5, 0.6) is 0 Å². The van der Waals surface area contributed by atoms with Gasteiger partial charge in [0.2, 0.25) is 5.91 Å². The van der Waals surface area contributed by atoms with Crippen molar-refractivity contribution >= 4 is 11.9 Å². The highest BCUT2D eigenvalue weighted by molar-refractivity contribution is 5.85. The molecule has 9 atom stereocenters. The number of hydrogen-bond donors (Lipinski definition) is 3. The highest BCUT2D eigenvalue weighted by Crippen LogP contribution is 2.70. The van der Waals surface area contributed by atoms with E-state index in [1.807, 2.05) is 6.92 Å². The van der Waals surface area contributed by atoms with Crippen molar-refractivity contribution in [1.29, 1.82) is 0 Å². The van der Waals surface area contributed by atoms with E-state index in [1.165, 1.54) is 0 Å². The molecular formula is C31H48NO7-. The zero-order valence-electron chi connectivity index (χ0n) is 23.8. The van der Waals surface area contributed by atoms with Gasteiger partial charge in [-0.25, -0.2) is 4.79 Å². The number of fused-ring (bicyclic) bond motifs is 5. The molecule has 5 aliphatic rings. The lowest BCUT2D eigenvalue weighted by Crippen LogP contribution is -2.67. The van der Waals surface area contributed by atoms with Crippen LogP contribution in [0.4, 0.5) is 0 Å². The first kappa shape index (κ1) is 29.0. The molecule has 1 heterocycles. The second-order valence-corrected chi connectivity index (χ2v) is 13.5. The van der Waals surface area contributed by atoms with Crippen LogP contribution >= 0.6 is 0 Å².